The number of ketones is 1. The Hall–Kier alpha value is 0.0334. The van der Waals surface area contributed by atoms with Crippen molar-refractivity contribution in [1.82, 2.24) is 0 Å². The van der Waals surface area contributed by atoms with Gasteiger partial charge in [-0.1, -0.05) is 0 Å². The summed E-state index contributed by atoms with van der Waals surface area (Å²) >= 11 is 0. The van der Waals surface area contributed by atoms with Gasteiger partial charge in [0.15, 0.2) is 0 Å². The zero-order valence-electron chi connectivity index (χ0n) is 5.03. The van der Waals surface area contributed by atoms with Crippen molar-refractivity contribution < 1.29 is 24.3 Å². The molecule has 0 fully saturated rings. The molecule has 0 spiro atoms. The minimum absolute atomic E-state index is 0. The van der Waals surface area contributed by atoms with Gasteiger partial charge in [-0.25, -0.2) is 0 Å². The molecule has 0 radical (unpaired) electrons. The summed E-state index contributed by atoms with van der Waals surface area (Å²) in [4.78, 5) is 9.44. The molecule has 0 aliphatic rings. The molecule has 0 aliphatic carbocycles. The van der Waals surface area contributed by atoms with Crippen LogP contribution in [0.15, 0.2) is 13.2 Å². The van der Waals surface area contributed by atoms with E-state index < -0.39 is 0 Å². The third-order valence-electron chi connectivity index (χ3n) is 0. The maximum atomic E-state index is 9.44. The molecule has 7 heavy (non-hydrogen) atoms. The Bertz CT molecular complexity index is 39.3. The molecular weight excluding hydrogens is 141 g/mol. The standard InChI is InChI=1S/C3H6O.C2H4.Zn/c1-3(2)4;1-2;/h1-2H3;1-2H2;. The zero-order valence-corrected chi connectivity index (χ0v) is 8.00. The van der Waals surface area contributed by atoms with Gasteiger partial charge in [0.05, 0.1) is 0 Å². The Balaban J connectivity index is -0.0000000480. The Labute approximate surface area is 57.6 Å². The maximum Gasteiger partial charge on any atom is 0.126 e. The minimum atomic E-state index is 0. The van der Waals surface area contributed by atoms with Crippen LogP contribution in [0.2, 0.25) is 0 Å². The summed E-state index contributed by atoms with van der Waals surface area (Å²) in [5, 5.41) is 0. The Morgan fingerprint density at radius 1 is 1.29 bits per heavy atom. The van der Waals surface area contributed by atoms with Crippen molar-refractivity contribution in [2.45, 2.75) is 13.8 Å². The van der Waals surface area contributed by atoms with Gasteiger partial charge in [-0.15, -0.1) is 13.2 Å². The number of hydrogen-bond acceptors (Lipinski definition) is 1. The van der Waals surface area contributed by atoms with Crippen molar-refractivity contribution in [3.05, 3.63) is 13.2 Å². The van der Waals surface area contributed by atoms with Gasteiger partial charge >= 0.3 is 0 Å². The fraction of sp³-hybridized carbons (Fsp3) is 0.400. The Morgan fingerprint density at radius 3 is 1.29 bits per heavy atom. The van der Waals surface area contributed by atoms with Crippen molar-refractivity contribution in [3.63, 3.8) is 0 Å². The largest absolute Gasteiger partial charge is 0.300 e. The van der Waals surface area contributed by atoms with E-state index in [9.17, 15) is 4.79 Å². The minimum Gasteiger partial charge on any atom is -0.300 e. The molecule has 0 aromatic carbocycles. The molecule has 0 amide bonds. The quantitative estimate of drug-likeness (QED) is 0.378. The molecule has 0 saturated heterocycles. The number of Topliss-reactive ketones (excluding diaryl/α,β-unsaturated/α-hetero) is 1. The van der Waals surface area contributed by atoms with Crippen molar-refractivity contribution in [2.24, 2.45) is 0 Å². The predicted molar refractivity (Wildman–Crippen MR) is 27.6 cm³/mol. The molecule has 0 saturated carbocycles. The van der Waals surface area contributed by atoms with E-state index in [-0.39, 0.29) is 25.3 Å². The first-order valence-electron chi connectivity index (χ1n) is 1.70. The van der Waals surface area contributed by atoms with Crippen molar-refractivity contribution in [1.29, 1.82) is 0 Å². The molecule has 0 atom stereocenters. The summed E-state index contributed by atoms with van der Waals surface area (Å²) in [6.45, 7) is 9.06. The summed E-state index contributed by atoms with van der Waals surface area (Å²) in [6.07, 6.45) is 0. The van der Waals surface area contributed by atoms with Crippen LogP contribution >= 0.6 is 0 Å². The Kier molecular flexibility index (Phi) is 37.3. The van der Waals surface area contributed by atoms with Gasteiger partial charge in [-0.05, 0) is 13.8 Å². The molecule has 38 valence electrons. The average Bonchev–Trinajstić information content (AvgIpc) is 1.41. The van der Waals surface area contributed by atoms with Crippen LogP contribution in [-0.2, 0) is 24.3 Å². The average molecular weight is 152 g/mol. The van der Waals surface area contributed by atoms with Crippen molar-refractivity contribution in [2.75, 3.05) is 0 Å². The second kappa shape index (κ2) is 16.6. The molecule has 0 aromatic heterocycles. The van der Waals surface area contributed by atoms with Crippen LogP contribution in [0.1, 0.15) is 13.8 Å². The van der Waals surface area contributed by atoms with Gasteiger partial charge in [0.2, 0.25) is 0 Å². The number of rotatable bonds is 0. The summed E-state index contributed by atoms with van der Waals surface area (Å²) in [7, 11) is 0. The second-order valence-electron chi connectivity index (χ2n) is 0.908. The fourth-order valence-electron chi connectivity index (χ4n) is 0. The van der Waals surface area contributed by atoms with Crippen LogP contribution in [0.3, 0.4) is 0 Å². The molecule has 0 bridgehead atoms. The molecule has 0 aliphatic heterocycles. The maximum absolute atomic E-state index is 9.44. The zero-order chi connectivity index (χ0) is 5.58. The van der Waals surface area contributed by atoms with E-state index in [1.165, 1.54) is 13.8 Å². The fourth-order valence-corrected chi connectivity index (χ4v) is 0. The van der Waals surface area contributed by atoms with E-state index in [0.29, 0.717) is 0 Å². The topological polar surface area (TPSA) is 17.1 Å². The summed E-state index contributed by atoms with van der Waals surface area (Å²) < 4.78 is 0. The van der Waals surface area contributed by atoms with E-state index >= 15 is 0 Å². The monoisotopic (exact) mass is 150 g/mol. The summed E-state index contributed by atoms with van der Waals surface area (Å²) in [5.74, 6) is 0.167. The first kappa shape index (κ1) is 15.7. The predicted octanol–water partition coefficient (Wildman–Crippen LogP) is 1.40. The van der Waals surface area contributed by atoms with Crippen molar-refractivity contribution >= 4 is 5.78 Å². The SMILES string of the molecule is C=C.CC(C)=O.[Zn]. The van der Waals surface area contributed by atoms with Gasteiger partial charge in [-0.3, -0.25) is 0 Å². The summed E-state index contributed by atoms with van der Waals surface area (Å²) in [6, 6.07) is 0. The number of carbonyl (C=O) groups excluding carboxylic acids is 1. The van der Waals surface area contributed by atoms with E-state index in [0.717, 1.165) is 0 Å². The van der Waals surface area contributed by atoms with Gasteiger partial charge in [-0.2, -0.15) is 0 Å². The summed E-state index contributed by atoms with van der Waals surface area (Å²) in [5.41, 5.74) is 0. The third-order valence-corrected chi connectivity index (χ3v) is 0. The Morgan fingerprint density at radius 2 is 1.29 bits per heavy atom. The molecule has 0 N–H and O–H groups in total. The third kappa shape index (κ3) is 88100. The smallest absolute Gasteiger partial charge is 0.126 e. The van der Waals surface area contributed by atoms with E-state index in [1.54, 1.807) is 0 Å². The van der Waals surface area contributed by atoms with E-state index in [2.05, 4.69) is 13.2 Å². The van der Waals surface area contributed by atoms with Crippen LogP contribution in [0.25, 0.3) is 0 Å². The van der Waals surface area contributed by atoms with Crippen LogP contribution < -0.4 is 0 Å². The van der Waals surface area contributed by atoms with Crippen LogP contribution in [0.5, 0.6) is 0 Å². The molecule has 0 heterocycles. The number of carbonyl (C=O) groups is 1. The van der Waals surface area contributed by atoms with Gasteiger partial charge in [0, 0.05) is 19.5 Å². The first-order chi connectivity index (χ1) is 2.73. The second-order valence-corrected chi connectivity index (χ2v) is 0.908. The number of hydrogen-bond donors (Lipinski definition) is 0. The van der Waals surface area contributed by atoms with Gasteiger partial charge in [0.1, 0.15) is 5.78 Å². The normalized spacial score (nSPS) is 4.29. The van der Waals surface area contributed by atoms with Gasteiger partial charge < -0.3 is 4.79 Å². The molecule has 0 unspecified atom stereocenters. The van der Waals surface area contributed by atoms with Crippen LogP contribution in [0.4, 0.5) is 0 Å². The van der Waals surface area contributed by atoms with Crippen LogP contribution in [-0.4, -0.2) is 5.78 Å². The first-order valence-corrected chi connectivity index (χ1v) is 1.70. The molecule has 1 nitrogen and oxygen atoms in total. The van der Waals surface area contributed by atoms with Crippen LogP contribution in [0, 0.1) is 0 Å². The van der Waals surface area contributed by atoms with E-state index in [4.69, 9.17) is 0 Å². The molecule has 2 heteroatoms. The van der Waals surface area contributed by atoms with Crippen molar-refractivity contribution in [3.8, 4) is 0 Å². The molecule has 0 rings (SSSR count). The molecular formula is C5H10OZn. The van der Waals surface area contributed by atoms with E-state index in [1.807, 2.05) is 0 Å². The van der Waals surface area contributed by atoms with Gasteiger partial charge in [0.25, 0.3) is 0 Å². The molecule has 0 aromatic rings.